The van der Waals surface area contributed by atoms with Crippen molar-refractivity contribution >= 4 is 17.7 Å². The Bertz CT molecular complexity index is 685. The van der Waals surface area contributed by atoms with Gasteiger partial charge >= 0.3 is 5.69 Å². The highest BCUT2D eigenvalue weighted by molar-refractivity contribution is 6.01. The van der Waals surface area contributed by atoms with Crippen molar-refractivity contribution in [3.8, 4) is 11.8 Å². The second-order valence-electron chi connectivity index (χ2n) is 5.31. The number of nitriles is 1. The number of carbonyl (C=O) groups excluding carboxylic acids is 1. The highest BCUT2D eigenvalue weighted by Gasteiger charge is 2.20. The smallest absolute Gasteiger partial charge is 0.311 e. The van der Waals surface area contributed by atoms with Crippen LogP contribution < -0.4 is 10.1 Å². The minimum absolute atomic E-state index is 0.0728. The number of nitro groups is 1. The molecule has 0 radical (unpaired) electrons. The topological polar surface area (TPSA) is 105 Å². The molecule has 1 aromatic carbocycles. The maximum absolute atomic E-state index is 12.1. The Morgan fingerprint density at radius 2 is 2.17 bits per heavy atom. The Hall–Kier alpha value is -2.88. The summed E-state index contributed by atoms with van der Waals surface area (Å²) in [4.78, 5) is 22.6. The van der Waals surface area contributed by atoms with Crippen molar-refractivity contribution in [2.75, 3.05) is 7.11 Å². The van der Waals surface area contributed by atoms with Crippen molar-refractivity contribution in [1.29, 1.82) is 5.26 Å². The van der Waals surface area contributed by atoms with E-state index in [2.05, 4.69) is 5.32 Å². The first kappa shape index (κ1) is 16.5. The Labute approximate surface area is 133 Å². The molecule has 1 fully saturated rings. The van der Waals surface area contributed by atoms with Crippen LogP contribution in [0.4, 0.5) is 5.69 Å². The fourth-order valence-corrected chi connectivity index (χ4v) is 2.59. The molecule has 0 unspecified atom stereocenters. The molecule has 0 heterocycles. The molecular formula is C16H17N3O4. The number of carbonyl (C=O) groups is 1. The van der Waals surface area contributed by atoms with Gasteiger partial charge in [0, 0.05) is 12.1 Å². The third-order valence-corrected chi connectivity index (χ3v) is 3.77. The molecule has 1 N–H and O–H groups in total. The van der Waals surface area contributed by atoms with E-state index in [1.807, 2.05) is 6.07 Å². The van der Waals surface area contributed by atoms with Crippen molar-refractivity contribution in [3.63, 3.8) is 0 Å². The van der Waals surface area contributed by atoms with Gasteiger partial charge in [-0.15, -0.1) is 0 Å². The first-order chi connectivity index (χ1) is 11.0. The third kappa shape index (κ3) is 4.07. The fraction of sp³-hybridized carbons (Fsp3) is 0.375. The number of methoxy groups -OCH3 is 1. The molecule has 1 aliphatic rings. The molecule has 0 aliphatic heterocycles. The van der Waals surface area contributed by atoms with Gasteiger partial charge in [-0.1, -0.05) is 18.9 Å². The minimum Gasteiger partial charge on any atom is -0.490 e. The van der Waals surface area contributed by atoms with Crippen LogP contribution in [0.2, 0.25) is 0 Å². The Morgan fingerprint density at radius 1 is 1.48 bits per heavy atom. The zero-order chi connectivity index (χ0) is 16.8. The maximum atomic E-state index is 12.1. The SMILES string of the molecule is COc1ccc(/C=C(/C#N)C(=O)NC2CCCC2)cc1[N+](=O)[O-]. The number of hydrogen-bond donors (Lipinski definition) is 1. The molecular weight excluding hydrogens is 298 g/mol. The van der Waals surface area contributed by atoms with E-state index in [0.29, 0.717) is 5.56 Å². The lowest BCUT2D eigenvalue weighted by atomic mass is 10.1. The van der Waals surface area contributed by atoms with Gasteiger partial charge < -0.3 is 10.1 Å². The monoisotopic (exact) mass is 315 g/mol. The van der Waals surface area contributed by atoms with Crippen LogP contribution in [0.1, 0.15) is 31.2 Å². The van der Waals surface area contributed by atoms with E-state index < -0.39 is 10.8 Å². The van der Waals surface area contributed by atoms with Crippen molar-refractivity contribution in [3.05, 3.63) is 39.4 Å². The van der Waals surface area contributed by atoms with Crippen LogP contribution in [0.15, 0.2) is 23.8 Å². The highest BCUT2D eigenvalue weighted by atomic mass is 16.6. The number of nitrogens with one attached hydrogen (secondary N) is 1. The van der Waals surface area contributed by atoms with Crippen molar-refractivity contribution < 1.29 is 14.5 Å². The molecule has 1 aliphatic carbocycles. The highest BCUT2D eigenvalue weighted by Crippen LogP contribution is 2.28. The third-order valence-electron chi connectivity index (χ3n) is 3.77. The number of nitrogens with zero attached hydrogens (tertiary/aromatic N) is 2. The summed E-state index contributed by atoms with van der Waals surface area (Å²) in [5.41, 5.74) is 0.113. The number of benzene rings is 1. The zero-order valence-corrected chi connectivity index (χ0v) is 12.7. The van der Waals surface area contributed by atoms with Gasteiger partial charge in [-0.3, -0.25) is 14.9 Å². The van der Waals surface area contributed by atoms with E-state index in [1.165, 1.54) is 25.3 Å². The lowest BCUT2D eigenvalue weighted by Crippen LogP contribution is -2.33. The number of hydrogen-bond acceptors (Lipinski definition) is 5. The van der Waals surface area contributed by atoms with Gasteiger partial charge in [-0.05, 0) is 30.5 Å². The van der Waals surface area contributed by atoms with E-state index >= 15 is 0 Å². The first-order valence-electron chi connectivity index (χ1n) is 7.30. The lowest BCUT2D eigenvalue weighted by molar-refractivity contribution is -0.385. The van der Waals surface area contributed by atoms with Crippen LogP contribution in [0.5, 0.6) is 5.75 Å². The summed E-state index contributed by atoms with van der Waals surface area (Å²) in [6, 6.07) is 6.23. The van der Waals surface area contributed by atoms with Crippen molar-refractivity contribution in [2.45, 2.75) is 31.7 Å². The predicted octanol–water partition coefficient (Wildman–Crippen LogP) is 2.57. The van der Waals surface area contributed by atoms with Gasteiger partial charge in [-0.25, -0.2) is 0 Å². The van der Waals surface area contributed by atoms with E-state index in [0.717, 1.165) is 25.7 Å². The molecule has 1 saturated carbocycles. The zero-order valence-electron chi connectivity index (χ0n) is 12.7. The van der Waals surface area contributed by atoms with Gasteiger partial charge in [0.25, 0.3) is 5.91 Å². The molecule has 7 heteroatoms. The summed E-state index contributed by atoms with van der Waals surface area (Å²) in [6.45, 7) is 0. The molecule has 0 saturated heterocycles. The van der Waals surface area contributed by atoms with Crippen molar-refractivity contribution in [1.82, 2.24) is 5.32 Å². The molecule has 0 bridgehead atoms. The minimum atomic E-state index is -0.569. The summed E-state index contributed by atoms with van der Waals surface area (Å²) in [6.07, 6.45) is 5.32. The van der Waals surface area contributed by atoms with E-state index in [1.54, 1.807) is 6.07 Å². The molecule has 1 amide bonds. The molecule has 23 heavy (non-hydrogen) atoms. The van der Waals surface area contributed by atoms with Crippen molar-refractivity contribution in [2.24, 2.45) is 0 Å². The Kier molecular flexibility index (Phi) is 5.31. The van der Waals surface area contributed by atoms with Crippen LogP contribution in [-0.2, 0) is 4.79 Å². The van der Waals surface area contributed by atoms with E-state index in [9.17, 15) is 20.2 Å². The largest absolute Gasteiger partial charge is 0.490 e. The van der Waals surface area contributed by atoms with Gasteiger partial charge in [0.05, 0.1) is 12.0 Å². The normalized spacial score (nSPS) is 15.0. The molecule has 1 aromatic rings. The first-order valence-corrected chi connectivity index (χ1v) is 7.30. The van der Waals surface area contributed by atoms with Crippen LogP contribution >= 0.6 is 0 Å². The number of nitro benzene ring substituents is 1. The summed E-state index contributed by atoms with van der Waals surface area (Å²) in [5, 5.41) is 23.0. The van der Waals surface area contributed by atoms with E-state index in [4.69, 9.17) is 4.74 Å². The number of amides is 1. The average Bonchev–Trinajstić information content (AvgIpc) is 3.05. The van der Waals surface area contributed by atoms with Crippen LogP contribution in [0.3, 0.4) is 0 Å². The van der Waals surface area contributed by atoms with Crippen LogP contribution in [0.25, 0.3) is 6.08 Å². The quantitative estimate of drug-likeness (QED) is 0.389. The fourth-order valence-electron chi connectivity index (χ4n) is 2.59. The van der Waals surface area contributed by atoms with E-state index in [-0.39, 0.29) is 23.1 Å². The standard InChI is InChI=1S/C16H17N3O4/c1-23-15-7-6-11(9-14(15)19(21)22)8-12(10-17)16(20)18-13-4-2-3-5-13/h6-9,13H,2-5H2,1H3,(H,18,20)/b12-8-. The molecule has 0 aromatic heterocycles. The molecule has 0 spiro atoms. The maximum Gasteiger partial charge on any atom is 0.311 e. The van der Waals surface area contributed by atoms with Gasteiger partial charge in [0.1, 0.15) is 11.6 Å². The molecule has 0 atom stereocenters. The Balaban J connectivity index is 2.23. The summed E-state index contributed by atoms with van der Waals surface area (Å²) < 4.78 is 4.92. The number of ether oxygens (including phenoxy) is 1. The van der Waals surface area contributed by atoms with Crippen LogP contribution in [0, 0.1) is 21.4 Å². The van der Waals surface area contributed by atoms with Crippen LogP contribution in [-0.4, -0.2) is 24.0 Å². The predicted molar refractivity (Wildman–Crippen MR) is 83.6 cm³/mol. The second kappa shape index (κ2) is 7.40. The summed E-state index contributed by atoms with van der Waals surface area (Å²) in [5.74, 6) is -0.320. The molecule has 120 valence electrons. The Morgan fingerprint density at radius 3 is 2.74 bits per heavy atom. The van der Waals surface area contributed by atoms with Gasteiger partial charge in [-0.2, -0.15) is 5.26 Å². The van der Waals surface area contributed by atoms with Gasteiger partial charge in [0.2, 0.25) is 0 Å². The second-order valence-corrected chi connectivity index (χ2v) is 5.31. The average molecular weight is 315 g/mol. The number of rotatable bonds is 5. The molecule has 7 nitrogen and oxygen atoms in total. The summed E-state index contributed by atoms with van der Waals surface area (Å²) in [7, 11) is 1.34. The summed E-state index contributed by atoms with van der Waals surface area (Å²) >= 11 is 0. The lowest BCUT2D eigenvalue weighted by Gasteiger charge is -2.11. The van der Waals surface area contributed by atoms with Gasteiger partial charge in [0.15, 0.2) is 5.75 Å². The molecule has 2 rings (SSSR count).